The molecule has 20 heavy (non-hydrogen) atoms. The number of hydrogen-bond donors (Lipinski definition) is 0. The Morgan fingerprint density at radius 3 is 2.25 bits per heavy atom. The largest absolute Gasteiger partial charge is 0.244 e. The van der Waals surface area contributed by atoms with Gasteiger partial charge in [-0.25, -0.2) is 9.07 Å². The van der Waals surface area contributed by atoms with Gasteiger partial charge in [-0.2, -0.15) is 0 Å². The van der Waals surface area contributed by atoms with Gasteiger partial charge in [0.25, 0.3) is 0 Å². The fraction of sp³-hybridized carbons (Fsp3) is 0.875. The zero-order valence-electron chi connectivity index (χ0n) is 13.8. The van der Waals surface area contributed by atoms with E-state index in [-0.39, 0.29) is 5.54 Å². The molecule has 2 rings (SSSR count). The highest BCUT2D eigenvalue weighted by Crippen LogP contribution is 2.48. The molecule has 1 unspecified atom stereocenters. The molecule has 0 amide bonds. The van der Waals surface area contributed by atoms with Gasteiger partial charge in [-0.05, 0) is 46.5 Å². The normalized spacial score (nSPS) is 24.9. The van der Waals surface area contributed by atoms with E-state index >= 15 is 4.39 Å². The van der Waals surface area contributed by atoms with Crippen LogP contribution in [0.2, 0.25) is 0 Å². The third kappa shape index (κ3) is 2.49. The lowest BCUT2D eigenvalue weighted by Gasteiger charge is -2.38. The molecule has 0 saturated heterocycles. The van der Waals surface area contributed by atoms with Crippen molar-refractivity contribution in [1.82, 2.24) is 15.0 Å². The van der Waals surface area contributed by atoms with Crippen molar-refractivity contribution in [3.8, 4) is 0 Å². The first-order valence-corrected chi connectivity index (χ1v) is 7.72. The maximum absolute atomic E-state index is 15.8. The molecule has 0 N–H and O–H groups in total. The molecule has 3 nitrogen and oxygen atoms in total. The van der Waals surface area contributed by atoms with Crippen molar-refractivity contribution >= 4 is 0 Å². The van der Waals surface area contributed by atoms with Crippen LogP contribution in [-0.2, 0) is 17.6 Å². The third-order valence-corrected chi connectivity index (χ3v) is 4.40. The summed E-state index contributed by atoms with van der Waals surface area (Å²) in [6.45, 7) is 12.2. The van der Waals surface area contributed by atoms with Gasteiger partial charge < -0.3 is 0 Å². The molecule has 0 fully saturated rings. The number of aromatic nitrogens is 3. The average molecular weight is 281 g/mol. The number of hydrogen-bond acceptors (Lipinski definition) is 2. The van der Waals surface area contributed by atoms with Crippen LogP contribution < -0.4 is 0 Å². The van der Waals surface area contributed by atoms with Gasteiger partial charge in [-0.1, -0.05) is 32.4 Å². The van der Waals surface area contributed by atoms with E-state index in [2.05, 4.69) is 31.1 Å². The highest BCUT2D eigenvalue weighted by Gasteiger charge is 2.48. The fourth-order valence-corrected chi connectivity index (χ4v) is 3.06. The number of alkyl halides is 1. The summed E-state index contributed by atoms with van der Waals surface area (Å²) in [5.41, 5.74) is -0.419. The van der Waals surface area contributed by atoms with Crippen LogP contribution in [0.3, 0.4) is 0 Å². The molecule has 1 atom stereocenters. The average Bonchev–Trinajstić information content (AvgIpc) is 2.67. The Bertz CT molecular complexity index is 479. The molecule has 1 heterocycles. The molecule has 1 aromatic heterocycles. The highest BCUT2D eigenvalue weighted by atomic mass is 19.1. The molecule has 114 valence electrons. The van der Waals surface area contributed by atoms with Gasteiger partial charge in [-0.15, -0.1) is 5.10 Å². The number of rotatable bonds is 0. The van der Waals surface area contributed by atoms with E-state index in [9.17, 15) is 0 Å². The summed E-state index contributed by atoms with van der Waals surface area (Å²) in [5, 5.41) is 8.57. The summed E-state index contributed by atoms with van der Waals surface area (Å²) >= 11 is 0. The predicted molar refractivity (Wildman–Crippen MR) is 79.4 cm³/mol. The van der Waals surface area contributed by atoms with Crippen LogP contribution >= 0.6 is 0 Å². The van der Waals surface area contributed by atoms with E-state index in [0.717, 1.165) is 31.4 Å². The van der Waals surface area contributed by atoms with Crippen LogP contribution in [0, 0.1) is 5.41 Å². The SMILES string of the molecule is CC(C)(C)n1nnc2c1CCCCCC2(F)C(C)(C)C. The first-order valence-electron chi connectivity index (χ1n) is 7.72. The Kier molecular flexibility index (Phi) is 3.72. The zero-order chi connectivity index (χ0) is 15.2. The fourth-order valence-electron chi connectivity index (χ4n) is 3.06. The minimum Gasteiger partial charge on any atom is -0.244 e. The Labute approximate surface area is 121 Å². The van der Waals surface area contributed by atoms with Gasteiger partial charge in [-0.3, -0.25) is 0 Å². The van der Waals surface area contributed by atoms with Crippen LogP contribution in [0.15, 0.2) is 0 Å². The monoisotopic (exact) mass is 281 g/mol. The van der Waals surface area contributed by atoms with Crippen LogP contribution in [0.25, 0.3) is 0 Å². The van der Waals surface area contributed by atoms with Crippen molar-refractivity contribution in [3.63, 3.8) is 0 Å². The maximum Gasteiger partial charge on any atom is 0.161 e. The lowest BCUT2D eigenvalue weighted by Crippen LogP contribution is -2.38. The topological polar surface area (TPSA) is 30.7 Å². The molecule has 0 aliphatic heterocycles. The van der Waals surface area contributed by atoms with Crippen LogP contribution in [0.1, 0.15) is 78.6 Å². The summed E-state index contributed by atoms with van der Waals surface area (Å²) in [6, 6.07) is 0. The molecular weight excluding hydrogens is 253 g/mol. The number of fused-ring (bicyclic) bond motifs is 1. The minimum absolute atomic E-state index is 0.154. The third-order valence-electron chi connectivity index (χ3n) is 4.40. The van der Waals surface area contributed by atoms with Crippen molar-refractivity contribution in [1.29, 1.82) is 0 Å². The van der Waals surface area contributed by atoms with Crippen molar-refractivity contribution in [2.45, 2.75) is 84.9 Å². The second-order valence-corrected chi connectivity index (χ2v) is 8.08. The second kappa shape index (κ2) is 4.81. The lowest BCUT2D eigenvalue weighted by atomic mass is 9.71. The minimum atomic E-state index is -1.38. The Balaban J connectivity index is 2.60. The van der Waals surface area contributed by atoms with E-state index in [4.69, 9.17) is 0 Å². The highest BCUT2D eigenvalue weighted by molar-refractivity contribution is 5.23. The Morgan fingerprint density at radius 2 is 1.70 bits per heavy atom. The van der Waals surface area contributed by atoms with Gasteiger partial charge in [0.05, 0.1) is 11.2 Å². The van der Waals surface area contributed by atoms with E-state index in [1.54, 1.807) is 0 Å². The molecule has 4 heteroatoms. The standard InChI is InChI=1S/C16H28FN3/c1-14(2,3)16(17)11-9-7-8-10-12-13(16)18-19-20(12)15(4,5)6/h7-11H2,1-6H3. The van der Waals surface area contributed by atoms with Gasteiger partial charge >= 0.3 is 0 Å². The summed E-state index contributed by atoms with van der Waals surface area (Å²) in [4.78, 5) is 0. The maximum atomic E-state index is 15.8. The predicted octanol–water partition coefficient (Wildman–Crippen LogP) is 4.36. The zero-order valence-corrected chi connectivity index (χ0v) is 13.8. The van der Waals surface area contributed by atoms with Crippen LogP contribution in [-0.4, -0.2) is 15.0 Å². The van der Waals surface area contributed by atoms with Crippen molar-refractivity contribution in [2.24, 2.45) is 5.41 Å². The van der Waals surface area contributed by atoms with E-state index in [1.165, 1.54) is 0 Å². The first-order chi connectivity index (χ1) is 9.07. The molecule has 0 bridgehead atoms. The molecule has 1 aliphatic carbocycles. The van der Waals surface area contributed by atoms with Gasteiger partial charge in [0.1, 0.15) is 5.69 Å². The molecule has 1 aromatic rings. The quantitative estimate of drug-likeness (QED) is 0.707. The molecule has 0 spiro atoms. The van der Waals surface area contributed by atoms with Crippen molar-refractivity contribution in [2.75, 3.05) is 0 Å². The van der Waals surface area contributed by atoms with Crippen LogP contribution in [0.4, 0.5) is 4.39 Å². The van der Waals surface area contributed by atoms with Gasteiger partial charge in [0.2, 0.25) is 0 Å². The smallest absolute Gasteiger partial charge is 0.161 e. The number of halogens is 1. The molecular formula is C16H28FN3. The van der Waals surface area contributed by atoms with Gasteiger partial charge in [0.15, 0.2) is 5.67 Å². The molecule has 0 aromatic carbocycles. The van der Waals surface area contributed by atoms with E-state index in [0.29, 0.717) is 12.1 Å². The lowest BCUT2D eigenvalue weighted by molar-refractivity contribution is 0.00670. The summed E-state index contributed by atoms with van der Waals surface area (Å²) in [6.07, 6.45) is 4.52. The van der Waals surface area contributed by atoms with Crippen LogP contribution in [0.5, 0.6) is 0 Å². The van der Waals surface area contributed by atoms with Gasteiger partial charge in [0, 0.05) is 5.41 Å². The number of nitrogens with zero attached hydrogens (tertiary/aromatic N) is 3. The Morgan fingerprint density at radius 1 is 1.05 bits per heavy atom. The second-order valence-electron chi connectivity index (χ2n) is 8.08. The molecule has 0 saturated carbocycles. The van der Waals surface area contributed by atoms with E-state index in [1.807, 2.05) is 25.5 Å². The first kappa shape index (κ1) is 15.5. The molecule has 0 radical (unpaired) electrons. The van der Waals surface area contributed by atoms with Crippen molar-refractivity contribution in [3.05, 3.63) is 11.4 Å². The summed E-state index contributed by atoms with van der Waals surface area (Å²) in [7, 11) is 0. The van der Waals surface area contributed by atoms with E-state index < -0.39 is 11.1 Å². The van der Waals surface area contributed by atoms with Crippen molar-refractivity contribution < 1.29 is 4.39 Å². The summed E-state index contributed by atoms with van der Waals surface area (Å²) in [5.74, 6) is 0. The summed E-state index contributed by atoms with van der Waals surface area (Å²) < 4.78 is 17.7. The molecule has 1 aliphatic rings. The Hall–Kier alpha value is -0.930.